The Morgan fingerprint density at radius 2 is 1.75 bits per heavy atom. The summed E-state index contributed by atoms with van der Waals surface area (Å²) in [6, 6.07) is 13.7. The van der Waals surface area contributed by atoms with Gasteiger partial charge < -0.3 is 14.8 Å². The molecule has 0 aliphatic heterocycles. The zero-order chi connectivity index (χ0) is 23.3. The third kappa shape index (κ3) is 5.56. The topological polar surface area (TPSA) is 64.6 Å². The number of thiophene rings is 1. The lowest BCUT2D eigenvalue weighted by molar-refractivity contribution is -0.118. The highest BCUT2D eigenvalue weighted by molar-refractivity contribution is 7.15. The maximum absolute atomic E-state index is 12.7. The Hall–Kier alpha value is -3.12. The normalized spacial score (nSPS) is 10.8. The van der Waals surface area contributed by atoms with Gasteiger partial charge in [-0.15, -0.1) is 11.3 Å². The molecular formula is C26H29NO4S. The van der Waals surface area contributed by atoms with Crippen molar-refractivity contribution in [1.82, 2.24) is 0 Å². The van der Waals surface area contributed by atoms with Crippen molar-refractivity contribution in [3.8, 4) is 16.9 Å². The van der Waals surface area contributed by atoms with Crippen molar-refractivity contribution in [3.05, 3.63) is 70.1 Å². The molecule has 0 saturated heterocycles. The summed E-state index contributed by atoms with van der Waals surface area (Å²) in [5, 5.41) is 5.15. The van der Waals surface area contributed by atoms with Crippen molar-refractivity contribution in [2.75, 3.05) is 18.5 Å². The van der Waals surface area contributed by atoms with Gasteiger partial charge in [0.1, 0.15) is 16.3 Å². The van der Waals surface area contributed by atoms with Gasteiger partial charge in [0, 0.05) is 10.9 Å². The van der Waals surface area contributed by atoms with E-state index in [1.165, 1.54) is 22.5 Å². The van der Waals surface area contributed by atoms with Crippen LogP contribution in [0.1, 0.15) is 53.7 Å². The van der Waals surface area contributed by atoms with Crippen LogP contribution in [0.3, 0.4) is 0 Å². The third-order valence-corrected chi connectivity index (χ3v) is 6.15. The zero-order valence-corrected chi connectivity index (χ0v) is 20.0. The molecule has 0 aliphatic carbocycles. The van der Waals surface area contributed by atoms with Crippen molar-refractivity contribution < 1.29 is 19.1 Å². The van der Waals surface area contributed by atoms with Gasteiger partial charge in [-0.2, -0.15) is 0 Å². The lowest BCUT2D eigenvalue weighted by Gasteiger charge is -2.11. The molecule has 0 aliphatic rings. The molecule has 32 heavy (non-hydrogen) atoms. The van der Waals surface area contributed by atoms with Crippen molar-refractivity contribution >= 4 is 28.2 Å². The molecule has 3 rings (SSSR count). The second-order valence-electron chi connectivity index (χ2n) is 7.93. The first-order chi connectivity index (χ1) is 15.3. The van der Waals surface area contributed by atoms with E-state index < -0.39 is 5.97 Å². The number of carbonyl (C=O) groups is 2. The Balaban J connectivity index is 1.77. The molecule has 1 aromatic heterocycles. The van der Waals surface area contributed by atoms with Gasteiger partial charge in [0.2, 0.25) is 0 Å². The Bertz CT molecular complexity index is 1100. The molecule has 3 aromatic rings. The van der Waals surface area contributed by atoms with Crippen LogP contribution in [0, 0.1) is 13.8 Å². The average Bonchev–Trinajstić information content (AvgIpc) is 3.18. The van der Waals surface area contributed by atoms with Crippen LogP contribution in [0.25, 0.3) is 11.1 Å². The summed E-state index contributed by atoms with van der Waals surface area (Å²) in [7, 11) is 0. The first-order valence-electron chi connectivity index (χ1n) is 10.7. The summed E-state index contributed by atoms with van der Waals surface area (Å²) in [5.41, 5.74) is 5.54. The van der Waals surface area contributed by atoms with Crippen LogP contribution in [0.2, 0.25) is 0 Å². The maximum atomic E-state index is 12.7. The molecule has 1 amide bonds. The minimum absolute atomic E-state index is 0.153. The van der Waals surface area contributed by atoms with Gasteiger partial charge in [-0.1, -0.05) is 44.2 Å². The Kier molecular flexibility index (Phi) is 7.70. The van der Waals surface area contributed by atoms with E-state index in [2.05, 4.69) is 19.2 Å². The summed E-state index contributed by atoms with van der Waals surface area (Å²) in [5.74, 6) is 0.260. The molecular weight excluding hydrogens is 422 g/mol. The molecule has 168 valence electrons. The van der Waals surface area contributed by atoms with E-state index in [0.29, 0.717) is 22.2 Å². The van der Waals surface area contributed by atoms with Gasteiger partial charge in [0.25, 0.3) is 5.91 Å². The molecule has 1 heterocycles. The maximum Gasteiger partial charge on any atom is 0.341 e. The zero-order valence-electron chi connectivity index (χ0n) is 19.2. The van der Waals surface area contributed by atoms with Crippen molar-refractivity contribution in [2.45, 2.75) is 40.5 Å². The molecule has 6 heteroatoms. The van der Waals surface area contributed by atoms with Crippen molar-refractivity contribution in [2.24, 2.45) is 0 Å². The van der Waals surface area contributed by atoms with E-state index in [4.69, 9.17) is 9.47 Å². The summed E-state index contributed by atoms with van der Waals surface area (Å²) in [6.07, 6.45) is 0. The van der Waals surface area contributed by atoms with E-state index in [-0.39, 0.29) is 19.1 Å². The van der Waals surface area contributed by atoms with Gasteiger partial charge in [-0.3, -0.25) is 4.79 Å². The van der Waals surface area contributed by atoms with Crippen LogP contribution in [-0.2, 0) is 9.53 Å². The second-order valence-corrected chi connectivity index (χ2v) is 8.81. The molecule has 0 atom stereocenters. The minimum atomic E-state index is -0.456. The predicted molar refractivity (Wildman–Crippen MR) is 130 cm³/mol. The summed E-state index contributed by atoms with van der Waals surface area (Å²) < 4.78 is 10.9. The number of amides is 1. The number of anilines is 1. The summed E-state index contributed by atoms with van der Waals surface area (Å²) in [4.78, 5) is 25.3. The van der Waals surface area contributed by atoms with E-state index in [1.807, 2.05) is 61.7 Å². The molecule has 2 aromatic carbocycles. The highest BCUT2D eigenvalue weighted by Gasteiger charge is 2.23. The Morgan fingerprint density at radius 1 is 1.03 bits per heavy atom. The fourth-order valence-corrected chi connectivity index (χ4v) is 4.21. The van der Waals surface area contributed by atoms with Gasteiger partial charge in [-0.05, 0) is 61.1 Å². The average molecular weight is 452 g/mol. The molecule has 0 unspecified atom stereocenters. The fourth-order valence-electron chi connectivity index (χ4n) is 3.24. The smallest absolute Gasteiger partial charge is 0.341 e. The van der Waals surface area contributed by atoms with E-state index in [0.717, 1.165) is 16.7 Å². The minimum Gasteiger partial charge on any atom is -0.484 e. The first-order valence-corrected chi connectivity index (χ1v) is 11.6. The number of benzene rings is 2. The molecule has 5 nitrogen and oxygen atoms in total. The van der Waals surface area contributed by atoms with Crippen molar-refractivity contribution in [3.63, 3.8) is 0 Å². The number of hydrogen-bond donors (Lipinski definition) is 1. The van der Waals surface area contributed by atoms with Crippen LogP contribution in [-0.4, -0.2) is 25.1 Å². The quantitative estimate of drug-likeness (QED) is 0.405. The number of aryl methyl sites for hydroxylation is 2. The molecule has 1 N–H and O–H groups in total. The monoisotopic (exact) mass is 451 g/mol. The van der Waals surface area contributed by atoms with Crippen LogP contribution in [0.15, 0.2) is 47.8 Å². The van der Waals surface area contributed by atoms with Gasteiger partial charge in [0.05, 0.1) is 6.61 Å². The molecule has 0 saturated carbocycles. The molecule has 0 bridgehead atoms. The second kappa shape index (κ2) is 10.5. The molecule has 0 radical (unpaired) electrons. The van der Waals surface area contributed by atoms with Gasteiger partial charge in [0.15, 0.2) is 6.61 Å². The SMILES string of the molecule is CCOC(=O)c1c(-c2ccc(C)c(C)c2)csc1NC(=O)COc1ccc(C(C)C)cc1. The summed E-state index contributed by atoms with van der Waals surface area (Å²) >= 11 is 1.30. The number of ether oxygens (including phenoxy) is 2. The highest BCUT2D eigenvalue weighted by atomic mass is 32.1. The Morgan fingerprint density at radius 3 is 2.38 bits per heavy atom. The number of nitrogens with one attached hydrogen (secondary N) is 1. The van der Waals surface area contributed by atoms with E-state index in [1.54, 1.807) is 6.92 Å². The molecule has 0 spiro atoms. The third-order valence-electron chi connectivity index (χ3n) is 5.26. The van der Waals surface area contributed by atoms with Crippen LogP contribution >= 0.6 is 11.3 Å². The highest BCUT2D eigenvalue weighted by Crippen LogP contribution is 2.37. The lowest BCUT2D eigenvalue weighted by atomic mass is 9.99. The van der Waals surface area contributed by atoms with E-state index in [9.17, 15) is 9.59 Å². The molecule has 0 fully saturated rings. The van der Waals surface area contributed by atoms with Crippen LogP contribution < -0.4 is 10.1 Å². The van der Waals surface area contributed by atoms with Crippen molar-refractivity contribution in [1.29, 1.82) is 0 Å². The van der Waals surface area contributed by atoms with E-state index >= 15 is 0 Å². The Labute approximate surface area is 193 Å². The fraction of sp³-hybridized carbons (Fsp3) is 0.308. The van der Waals surface area contributed by atoms with Gasteiger partial charge in [-0.25, -0.2) is 4.79 Å². The van der Waals surface area contributed by atoms with Crippen LogP contribution in [0.4, 0.5) is 5.00 Å². The van der Waals surface area contributed by atoms with Crippen LogP contribution in [0.5, 0.6) is 5.75 Å². The largest absolute Gasteiger partial charge is 0.484 e. The first kappa shape index (κ1) is 23.5. The number of esters is 1. The number of carbonyl (C=O) groups excluding carboxylic acids is 2. The standard InChI is InChI=1S/C26H29NO4S/c1-6-30-26(29)24-22(20-8-7-17(4)18(5)13-20)15-32-25(24)27-23(28)14-31-21-11-9-19(10-12-21)16(2)3/h7-13,15-16H,6,14H2,1-5H3,(H,27,28). The van der Waals surface area contributed by atoms with Gasteiger partial charge >= 0.3 is 5.97 Å². The number of hydrogen-bond acceptors (Lipinski definition) is 5. The summed E-state index contributed by atoms with van der Waals surface area (Å²) in [6.45, 7) is 10.2. The lowest BCUT2D eigenvalue weighted by Crippen LogP contribution is -2.21. The number of rotatable bonds is 8. The predicted octanol–water partition coefficient (Wildman–Crippen LogP) is 6.35.